The Bertz CT molecular complexity index is 183. The fraction of sp³-hybridized carbons (Fsp3) is 1.00. The highest BCUT2D eigenvalue weighted by Crippen LogP contribution is 2.39. The number of rotatable bonds is 2. The summed E-state index contributed by atoms with van der Waals surface area (Å²) in [5.41, 5.74) is 0. The predicted octanol–water partition coefficient (Wildman–Crippen LogP) is 1.49. The van der Waals surface area contributed by atoms with Crippen molar-refractivity contribution >= 4 is 0 Å². The Morgan fingerprint density at radius 2 is 2.00 bits per heavy atom. The van der Waals surface area contributed by atoms with Gasteiger partial charge in [0.15, 0.2) is 0 Å². The van der Waals surface area contributed by atoms with E-state index in [0.717, 1.165) is 31.2 Å². The monoisotopic (exact) mass is 183 g/mol. The van der Waals surface area contributed by atoms with Crippen LogP contribution in [0, 0.1) is 11.8 Å². The Kier molecular flexibility index (Phi) is 2.61. The highest BCUT2D eigenvalue weighted by atomic mass is 16.3. The number of aliphatic hydroxyl groups excluding tert-OH is 1. The van der Waals surface area contributed by atoms with Crippen molar-refractivity contribution < 1.29 is 5.11 Å². The molecule has 1 aliphatic carbocycles. The molecule has 0 aromatic heterocycles. The third-order valence-corrected chi connectivity index (χ3v) is 3.73. The molecule has 4 unspecified atom stereocenters. The van der Waals surface area contributed by atoms with Gasteiger partial charge in [0.2, 0.25) is 0 Å². The highest BCUT2D eigenvalue weighted by molar-refractivity contribution is 4.88. The summed E-state index contributed by atoms with van der Waals surface area (Å²) in [6, 6.07) is 0.594. The summed E-state index contributed by atoms with van der Waals surface area (Å²) in [6.07, 6.45) is 3.33. The second-order valence-electron chi connectivity index (χ2n) is 5.00. The molecule has 1 N–H and O–H groups in total. The Morgan fingerprint density at radius 3 is 2.54 bits per heavy atom. The van der Waals surface area contributed by atoms with Crippen LogP contribution in [0.3, 0.4) is 0 Å². The molecule has 76 valence electrons. The van der Waals surface area contributed by atoms with E-state index in [0.29, 0.717) is 6.04 Å². The van der Waals surface area contributed by atoms with E-state index in [1.165, 1.54) is 13.0 Å². The van der Waals surface area contributed by atoms with E-state index >= 15 is 0 Å². The van der Waals surface area contributed by atoms with E-state index in [1.807, 2.05) is 0 Å². The zero-order chi connectivity index (χ0) is 9.42. The number of piperidine rings is 1. The minimum Gasteiger partial charge on any atom is -0.393 e. The van der Waals surface area contributed by atoms with E-state index in [4.69, 9.17) is 0 Å². The molecule has 0 bridgehead atoms. The number of nitrogens with zero attached hydrogens (tertiary/aromatic N) is 1. The molecular formula is C11H21NO. The van der Waals surface area contributed by atoms with Crippen LogP contribution >= 0.6 is 0 Å². The van der Waals surface area contributed by atoms with Crippen LogP contribution in [0.15, 0.2) is 0 Å². The van der Waals surface area contributed by atoms with Gasteiger partial charge in [0.1, 0.15) is 0 Å². The summed E-state index contributed by atoms with van der Waals surface area (Å²) in [7, 11) is 0. The van der Waals surface area contributed by atoms with Crippen molar-refractivity contribution in [3.8, 4) is 0 Å². The van der Waals surface area contributed by atoms with E-state index in [1.54, 1.807) is 0 Å². The molecule has 2 aliphatic rings. The molecule has 1 aliphatic heterocycles. The van der Waals surface area contributed by atoms with Crippen molar-refractivity contribution in [2.24, 2.45) is 11.8 Å². The molecule has 4 atom stereocenters. The molecule has 0 spiro atoms. The topological polar surface area (TPSA) is 23.5 Å². The normalized spacial score (nSPS) is 46.4. The van der Waals surface area contributed by atoms with Gasteiger partial charge in [0.05, 0.1) is 6.10 Å². The van der Waals surface area contributed by atoms with E-state index in [-0.39, 0.29) is 6.10 Å². The molecule has 1 saturated heterocycles. The van der Waals surface area contributed by atoms with Gasteiger partial charge in [-0.1, -0.05) is 6.92 Å². The smallest absolute Gasteiger partial charge is 0.0567 e. The predicted molar refractivity (Wildman–Crippen MR) is 53.5 cm³/mol. The van der Waals surface area contributed by atoms with Crippen molar-refractivity contribution in [3.05, 3.63) is 0 Å². The molecule has 2 fully saturated rings. The summed E-state index contributed by atoms with van der Waals surface area (Å²) in [5, 5.41) is 9.47. The van der Waals surface area contributed by atoms with Crippen LogP contribution in [0.25, 0.3) is 0 Å². The van der Waals surface area contributed by atoms with Gasteiger partial charge < -0.3 is 10.0 Å². The van der Waals surface area contributed by atoms with Gasteiger partial charge in [-0.25, -0.2) is 0 Å². The second-order valence-corrected chi connectivity index (χ2v) is 5.00. The Hall–Kier alpha value is -0.0800. The summed E-state index contributed by atoms with van der Waals surface area (Å²) in [6.45, 7) is 6.96. The summed E-state index contributed by atoms with van der Waals surface area (Å²) >= 11 is 0. The van der Waals surface area contributed by atoms with Crippen LogP contribution in [-0.4, -0.2) is 35.2 Å². The minimum absolute atomic E-state index is 0.0390. The second kappa shape index (κ2) is 3.58. The molecule has 0 amide bonds. The van der Waals surface area contributed by atoms with Crippen LogP contribution in [0.4, 0.5) is 0 Å². The average Bonchev–Trinajstić information content (AvgIpc) is 2.73. The first-order valence-corrected chi connectivity index (χ1v) is 5.59. The number of hydrogen-bond acceptors (Lipinski definition) is 2. The summed E-state index contributed by atoms with van der Waals surface area (Å²) in [5.74, 6) is 1.91. The molecule has 2 heteroatoms. The fourth-order valence-corrected chi connectivity index (χ4v) is 2.42. The molecule has 0 aromatic carbocycles. The van der Waals surface area contributed by atoms with Crippen molar-refractivity contribution in [1.82, 2.24) is 4.90 Å². The lowest BCUT2D eigenvalue weighted by Crippen LogP contribution is -2.43. The minimum atomic E-state index is -0.0390. The van der Waals surface area contributed by atoms with Gasteiger partial charge in [0.25, 0.3) is 0 Å². The third-order valence-electron chi connectivity index (χ3n) is 3.73. The van der Waals surface area contributed by atoms with Gasteiger partial charge in [-0.15, -0.1) is 0 Å². The van der Waals surface area contributed by atoms with E-state index in [2.05, 4.69) is 18.7 Å². The molecule has 2 nitrogen and oxygen atoms in total. The number of hydrogen-bond donors (Lipinski definition) is 1. The first-order valence-electron chi connectivity index (χ1n) is 5.59. The van der Waals surface area contributed by atoms with E-state index in [9.17, 15) is 5.11 Å². The third kappa shape index (κ3) is 2.23. The van der Waals surface area contributed by atoms with E-state index < -0.39 is 0 Å². The lowest BCUT2D eigenvalue weighted by Gasteiger charge is -2.35. The Balaban J connectivity index is 1.78. The largest absolute Gasteiger partial charge is 0.393 e. The summed E-state index contributed by atoms with van der Waals surface area (Å²) in [4.78, 5) is 2.56. The highest BCUT2D eigenvalue weighted by Gasteiger charge is 2.36. The average molecular weight is 183 g/mol. The lowest BCUT2D eigenvalue weighted by molar-refractivity contribution is 0.0453. The quantitative estimate of drug-likeness (QED) is 0.701. The standard InChI is InChI=1S/C11H21NO/c1-8-5-10(8)7-12-4-3-11(13)6-9(12)2/h8-11,13H,3-7H2,1-2H3. The zero-order valence-electron chi connectivity index (χ0n) is 8.74. The summed E-state index contributed by atoms with van der Waals surface area (Å²) < 4.78 is 0. The molecule has 1 heterocycles. The number of aliphatic hydroxyl groups is 1. The van der Waals surface area contributed by atoms with Gasteiger partial charge in [-0.2, -0.15) is 0 Å². The van der Waals surface area contributed by atoms with Crippen LogP contribution in [0.1, 0.15) is 33.1 Å². The van der Waals surface area contributed by atoms with Crippen LogP contribution < -0.4 is 0 Å². The molecule has 0 radical (unpaired) electrons. The fourth-order valence-electron chi connectivity index (χ4n) is 2.42. The van der Waals surface area contributed by atoms with Gasteiger partial charge in [0, 0.05) is 19.1 Å². The maximum absolute atomic E-state index is 9.47. The lowest BCUT2D eigenvalue weighted by atomic mass is 10.0. The Morgan fingerprint density at radius 1 is 1.31 bits per heavy atom. The van der Waals surface area contributed by atoms with Crippen molar-refractivity contribution in [1.29, 1.82) is 0 Å². The maximum atomic E-state index is 9.47. The zero-order valence-corrected chi connectivity index (χ0v) is 8.74. The van der Waals surface area contributed by atoms with Crippen molar-refractivity contribution in [2.45, 2.75) is 45.3 Å². The van der Waals surface area contributed by atoms with Gasteiger partial charge >= 0.3 is 0 Å². The van der Waals surface area contributed by atoms with Crippen LogP contribution in [0.2, 0.25) is 0 Å². The molecular weight excluding hydrogens is 162 g/mol. The Labute approximate surface area is 80.9 Å². The first-order chi connectivity index (χ1) is 6.16. The van der Waals surface area contributed by atoms with Crippen molar-refractivity contribution in [3.63, 3.8) is 0 Å². The van der Waals surface area contributed by atoms with Crippen LogP contribution in [0.5, 0.6) is 0 Å². The molecule has 2 rings (SSSR count). The van der Waals surface area contributed by atoms with Crippen molar-refractivity contribution in [2.75, 3.05) is 13.1 Å². The van der Waals surface area contributed by atoms with Gasteiger partial charge in [-0.3, -0.25) is 0 Å². The molecule has 0 aromatic rings. The first kappa shape index (κ1) is 9.47. The molecule has 1 saturated carbocycles. The number of likely N-dealkylation sites (tertiary alicyclic amines) is 1. The maximum Gasteiger partial charge on any atom is 0.0567 e. The van der Waals surface area contributed by atoms with Crippen LogP contribution in [-0.2, 0) is 0 Å². The SMILES string of the molecule is CC1CC1CN1CCC(O)CC1C. The molecule has 13 heavy (non-hydrogen) atoms. The van der Waals surface area contributed by atoms with Gasteiger partial charge in [-0.05, 0) is 38.0 Å².